The Morgan fingerprint density at radius 2 is 1.91 bits per heavy atom. The summed E-state index contributed by atoms with van der Waals surface area (Å²) in [6.07, 6.45) is 0. The van der Waals surface area contributed by atoms with Gasteiger partial charge in [-0.2, -0.15) is 5.26 Å². The van der Waals surface area contributed by atoms with Crippen molar-refractivity contribution in [3.8, 4) is 22.9 Å². The standard InChI is InChI=1S/C19H13NO3/c1-23-18-9-12(11-20)5-8-16(18)15-4-2-3-13-6-7-14(19(21)22)10-17(13)15/h2-10H,1H3,(H,21,22). The first-order valence-corrected chi connectivity index (χ1v) is 6.98. The van der Waals surface area contributed by atoms with Crippen LogP contribution in [0.3, 0.4) is 0 Å². The van der Waals surface area contributed by atoms with Crippen LogP contribution in [0.15, 0.2) is 54.6 Å². The van der Waals surface area contributed by atoms with Gasteiger partial charge in [0.05, 0.1) is 24.3 Å². The highest BCUT2D eigenvalue weighted by atomic mass is 16.5. The number of rotatable bonds is 3. The van der Waals surface area contributed by atoms with Crippen molar-refractivity contribution in [2.75, 3.05) is 7.11 Å². The Morgan fingerprint density at radius 3 is 2.61 bits per heavy atom. The first-order chi connectivity index (χ1) is 11.1. The number of carboxylic acid groups (broad SMARTS) is 1. The molecule has 4 nitrogen and oxygen atoms in total. The van der Waals surface area contributed by atoms with E-state index in [2.05, 4.69) is 6.07 Å². The van der Waals surface area contributed by atoms with Crippen LogP contribution in [-0.2, 0) is 0 Å². The van der Waals surface area contributed by atoms with Crippen molar-refractivity contribution in [1.82, 2.24) is 0 Å². The van der Waals surface area contributed by atoms with Gasteiger partial charge in [-0.25, -0.2) is 4.79 Å². The number of hydrogen-bond acceptors (Lipinski definition) is 3. The second kappa shape index (κ2) is 5.82. The highest BCUT2D eigenvalue weighted by Gasteiger charge is 2.12. The number of benzene rings is 3. The molecule has 0 unspecified atom stereocenters. The summed E-state index contributed by atoms with van der Waals surface area (Å²) >= 11 is 0. The van der Waals surface area contributed by atoms with Crippen LogP contribution >= 0.6 is 0 Å². The van der Waals surface area contributed by atoms with Gasteiger partial charge in [-0.15, -0.1) is 0 Å². The van der Waals surface area contributed by atoms with Crippen LogP contribution in [-0.4, -0.2) is 18.2 Å². The lowest BCUT2D eigenvalue weighted by Crippen LogP contribution is -1.96. The fourth-order valence-corrected chi connectivity index (χ4v) is 2.62. The van der Waals surface area contributed by atoms with Gasteiger partial charge in [0.1, 0.15) is 5.75 Å². The van der Waals surface area contributed by atoms with Gasteiger partial charge in [0.2, 0.25) is 0 Å². The minimum atomic E-state index is -0.964. The zero-order chi connectivity index (χ0) is 16.4. The molecule has 0 radical (unpaired) electrons. The molecule has 0 spiro atoms. The minimum absolute atomic E-state index is 0.234. The Bertz CT molecular complexity index is 954. The first kappa shape index (κ1) is 14.6. The first-order valence-electron chi connectivity index (χ1n) is 6.98. The lowest BCUT2D eigenvalue weighted by molar-refractivity contribution is 0.0697. The quantitative estimate of drug-likeness (QED) is 0.791. The van der Waals surface area contributed by atoms with E-state index in [9.17, 15) is 9.90 Å². The van der Waals surface area contributed by atoms with Crippen LogP contribution in [0, 0.1) is 11.3 Å². The molecule has 0 heterocycles. The Morgan fingerprint density at radius 1 is 1.09 bits per heavy atom. The highest BCUT2D eigenvalue weighted by Crippen LogP contribution is 2.36. The third-order valence-corrected chi connectivity index (χ3v) is 3.75. The maximum atomic E-state index is 11.2. The number of carboxylic acids is 1. The van der Waals surface area contributed by atoms with Crippen LogP contribution in [0.2, 0.25) is 0 Å². The molecule has 23 heavy (non-hydrogen) atoms. The Labute approximate surface area is 133 Å². The topological polar surface area (TPSA) is 70.3 Å². The summed E-state index contributed by atoms with van der Waals surface area (Å²) in [6.45, 7) is 0. The van der Waals surface area contributed by atoms with Crippen molar-refractivity contribution < 1.29 is 14.6 Å². The molecule has 0 bridgehead atoms. The molecule has 0 fully saturated rings. The zero-order valence-electron chi connectivity index (χ0n) is 12.4. The molecule has 3 rings (SSSR count). The van der Waals surface area contributed by atoms with Crippen LogP contribution in [0.25, 0.3) is 21.9 Å². The average Bonchev–Trinajstić information content (AvgIpc) is 2.60. The lowest BCUT2D eigenvalue weighted by atomic mass is 9.95. The van der Waals surface area contributed by atoms with Gasteiger partial charge in [0.25, 0.3) is 0 Å². The maximum absolute atomic E-state index is 11.2. The van der Waals surface area contributed by atoms with Gasteiger partial charge in [-0.3, -0.25) is 0 Å². The number of hydrogen-bond donors (Lipinski definition) is 1. The summed E-state index contributed by atoms with van der Waals surface area (Å²) in [4.78, 5) is 11.2. The smallest absolute Gasteiger partial charge is 0.335 e. The molecule has 3 aromatic rings. The molecule has 0 saturated heterocycles. The van der Waals surface area contributed by atoms with Gasteiger partial charge in [-0.1, -0.05) is 24.3 Å². The van der Waals surface area contributed by atoms with E-state index in [0.717, 1.165) is 21.9 Å². The highest BCUT2D eigenvalue weighted by molar-refractivity contribution is 6.02. The number of ether oxygens (including phenoxy) is 1. The number of carbonyl (C=O) groups is 1. The Balaban J connectivity index is 2.30. The third kappa shape index (κ3) is 2.60. The van der Waals surface area contributed by atoms with Crippen molar-refractivity contribution in [2.45, 2.75) is 0 Å². The predicted molar refractivity (Wildman–Crippen MR) is 87.6 cm³/mol. The van der Waals surface area contributed by atoms with Gasteiger partial charge in [0, 0.05) is 5.56 Å². The average molecular weight is 303 g/mol. The summed E-state index contributed by atoms with van der Waals surface area (Å²) in [5.41, 5.74) is 2.43. The molecule has 0 aliphatic carbocycles. The van der Waals surface area contributed by atoms with E-state index in [1.807, 2.05) is 24.3 Å². The van der Waals surface area contributed by atoms with Crippen molar-refractivity contribution in [3.63, 3.8) is 0 Å². The molecule has 1 N–H and O–H groups in total. The fourth-order valence-electron chi connectivity index (χ4n) is 2.62. The van der Waals surface area contributed by atoms with Crippen molar-refractivity contribution in [1.29, 1.82) is 5.26 Å². The molecule has 0 atom stereocenters. The summed E-state index contributed by atoms with van der Waals surface area (Å²) < 4.78 is 5.40. The van der Waals surface area contributed by atoms with Gasteiger partial charge < -0.3 is 9.84 Å². The zero-order valence-corrected chi connectivity index (χ0v) is 12.4. The van der Waals surface area contributed by atoms with Crippen LogP contribution < -0.4 is 4.74 Å². The summed E-state index contributed by atoms with van der Waals surface area (Å²) in [5.74, 6) is -0.384. The number of nitriles is 1. The van der Waals surface area contributed by atoms with Crippen LogP contribution in [0.5, 0.6) is 5.75 Å². The second-order valence-corrected chi connectivity index (χ2v) is 5.07. The lowest BCUT2D eigenvalue weighted by Gasteiger charge is -2.12. The molecular weight excluding hydrogens is 290 g/mol. The molecule has 112 valence electrons. The Hall–Kier alpha value is -3.32. The molecule has 4 heteroatoms. The maximum Gasteiger partial charge on any atom is 0.335 e. The minimum Gasteiger partial charge on any atom is -0.496 e. The molecule has 0 aliphatic heterocycles. The number of aromatic carboxylic acids is 1. The largest absolute Gasteiger partial charge is 0.496 e. The molecule has 0 saturated carbocycles. The van der Waals surface area contributed by atoms with E-state index in [1.165, 1.54) is 0 Å². The molecule has 3 aromatic carbocycles. The number of methoxy groups -OCH3 is 1. The van der Waals surface area contributed by atoms with E-state index in [-0.39, 0.29) is 5.56 Å². The summed E-state index contributed by atoms with van der Waals surface area (Å²) in [7, 11) is 1.55. The van der Waals surface area contributed by atoms with Crippen molar-refractivity contribution in [3.05, 3.63) is 65.7 Å². The van der Waals surface area contributed by atoms with Crippen molar-refractivity contribution >= 4 is 16.7 Å². The summed E-state index contributed by atoms with van der Waals surface area (Å²) in [6, 6.07) is 18.1. The number of fused-ring (bicyclic) bond motifs is 1. The molecule has 0 aromatic heterocycles. The molecule has 0 amide bonds. The normalized spacial score (nSPS) is 10.3. The second-order valence-electron chi connectivity index (χ2n) is 5.07. The fraction of sp³-hybridized carbons (Fsp3) is 0.0526. The third-order valence-electron chi connectivity index (χ3n) is 3.75. The monoisotopic (exact) mass is 303 g/mol. The van der Waals surface area contributed by atoms with E-state index in [0.29, 0.717) is 11.3 Å². The van der Waals surface area contributed by atoms with E-state index < -0.39 is 5.97 Å². The summed E-state index contributed by atoms with van der Waals surface area (Å²) in [5, 5.41) is 20.0. The van der Waals surface area contributed by atoms with E-state index >= 15 is 0 Å². The van der Waals surface area contributed by atoms with Crippen molar-refractivity contribution in [2.24, 2.45) is 0 Å². The van der Waals surface area contributed by atoms with Gasteiger partial charge in [0.15, 0.2) is 0 Å². The number of nitrogens with zero attached hydrogens (tertiary/aromatic N) is 1. The van der Waals surface area contributed by atoms with Gasteiger partial charge in [-0.05, 0) is 46.7 Å². The Kier molecular flexibility index (Phi) is 3.70. The SMILES string of the molecule is COc1cc(C#N)ccc1-c1cccc2ccc(C(=O)O)cc12. The van der Waals surface area contributed by atoms with Gasteiger partial charge >= 0.3 is 5.97 Å². The van der Waals surface area contributed by atoms with E-state index in [4.69, 9.17) is 10.00 Å². The van der Waals surface area contributed by atoms with Crippen LogP contribution in [0.4, 0.5) is 0 Å². The van der Waals surface area contributed by atoms with Crippen LogP contribution in [0.1, 0.15) is 15.9 Å². The molecule has 0 aliphatic rings. The van der Waals surface area contributed by atoms with E-state index in [1.54, 1.807) is 37.4 Å². The molecular formula is C19H13NO3. The predicted octanol–water partition coefficient (Wildman–Crippen LogP) is 4.09.